The zero-order chi connectivity index (χ0) is 15.6. The molecular formula is C17H15N5O. The van der Waals surface area contributed by atoms with Gasteiger partial charge in [0.2, 0.25) is 5.88 Å². The first kappa shape index (κ1) is 12.6. The Morgan fingerprint density at radius 2 is 2.09 bits per heavy atom. The molecule has 0 amide bonds. The molecular weight excluding hydrogens is 290 g/mol. The lowest BCUT2D eigenvalue weighted by Crippen LogP contribution is -2.35. The first-order valence-corrected chi connectivity index (χ1v) is 7.63. The molecule has 6 nitrogen and oxygen atoms in total. The highest BCUT2D eigenvalue weighted by Crippen LogP contribution is 2.38. The molecule has 4 heterocycles. The number of anilines is 1. The van der Waals surface area contributed by atoms with E-state index in [0.717, 1.165) is 23.6 Å². The first-order valence-electron chi connectivity index (χ1n) is 7.63. The minimum atomic E-state index is 0.578. The molecule has 3 aromatic rings. The van der Waals surface area contributed by atoms with Crippen LogP contribution in [0.2, 0.25) is 0 Å². The summed E-state index contributed by atoms with van der Waals surface area (Å²) in [5.74, 6) is 2.26. The van der Waals surface area contributed by atoms with Crippen LogP contribution in [0.4, 0.5) is 11.5 Å². The van der Waals surface area contributed by atoms with E-state index in [0.29, 0.717) is 18.3 Å². The van der Waals surface area contributed by atoms with Gasteiger partial charge in [-0.1, -0.05) is 0 Å². The third-order valence-electron chi connectivity index (χ3n) is 4.61. The number of nitrogens with zero attached hydrogens (tertiary/aromatic N) is 5. The van der Waals surface area contributed by atoms with E-state index in [2.05, 4.69) is 62.7 Å². The monoisotopic (exact) mass is 305 g/mol. The quantitative estimate of drug-likeness (QED) is 0.693. The molecule has 23 heavy (non-hydrogen) atoms. The minimum absolute atomic E-state index is 0.578. The standard InChI is InChI=1S/C17H15N5O/c1-10-7-11-8-12(3-4-13(11)21(10)2)22-5-6-23-17-14-15(18-9-19-17)20-16(14)22/h3-4,7-9H,5-6H2,1-2H3. The zero-order valence-electron chi connectivity index (χ0n) is 12.9. The minimum Gasteiger partial charge on any atom is -0.475 e. The molecule has 2 aromatic heterocycles. The summed E-state index contributed by atoms with van der Waals surface area (Å²) < 4.78 is 7.95. The number of aliphatic imine (C=N–C) groups is 1. The Kier molecular flexibility index (Phi) is 2.37. The van der Waals surface area contributed by atoms with E-state index < -0.39 is 0 Å². The van der Waals surface area contributed by atoms with Gasteiger partial charge in [0, 0.05) is 29.3 Å². The highest BCUT2D eigenvalue weighted by molar-refractivity contribution is 6.20. The van der Waals surface area contributed by atoms with Crippen LogP contribution in [-0.2, 0) is 7.05 Å². The van der Waals surface area contributed by atoms with Crippen molar-refractivity contribution in [2.24, 2.45) is 12.0 Å². The van der Waals surface area contributed by atoms with Gasteiger partial charge in [-0.25, -0.2) is 15.0 Å². The Morgan fingerprint density at radius 1 is 1.17 bits per heavy atom. The summed E-state index contributed by atoms with van der Waals surface area (Å²) in [5.41, 5.74) is 4.53. The zero-order valence-corrected chi connectivity index (χ0v) is 12.9. The second-order valence-electron chi connectivity index (χ2n) is 5.90. The molecule has 5 rings (SSSR count). The van der Waals surface area contributed by atoms with Crippen LogP contribution < -0.4 is 9.64 Å². The van der Waals surface area contributed by atoms with Crippen LogP contribution in [0.1, 0.15) is 11.3 Å². The number of benzene rings is 1. The van der Waals surface area contributed by atoms with E-state index in [1.165, 1.54) is 22.9 Å². The molecule has 1 aromatic carbocycles. The molecule has 2 aliphatic rings. The van der Waals surface area contributed by atoms with Crippen molar-refractivity contribution in [3.63, 3.8) is 0 Å². The molecule has 0 saturated heterocycles. The molecule has 114 valence electrons. The Balaban J connectivity index is 1.63. The van der Waals surface area contributed by atoms with Gasteiger partial charge >= 0.3 is 0 Å². The highest BCUT2D eigenvalue weighted by atomic mass is 16.5. The number of aryl methyl sites for hydroxylation is 2. The fourth-order valence-corrected chi connectivity index (χ4v) is 3.28. The molecule has 0 spiro atoms. The normalized spacial score (nSPS) is 15.6. The molecule has 2 aliphatic heterocycles. The predicted molar refractivity (Wildman–Crippen MR) is 88.7 cm³/mol. The summed E-state index contributed by atoms with van der Waals surface area (Å²) in [6.45, 7) is 3.44. The van der Waals surface area contributed by atoms with Crippen molar-refractivity contribution in [1.82, 2.24) is 14.5 Å². The maximum Gasteiger partial charge on any atom is 0.230 e. The average Bonchev–Trinajstić information content (AvgIpc) is 2.71. The number of ether oxygens (including phenoxy) is 1. The summed E-state index contributed by atoms with van der Waals surface area (Å²) in [7, 11) is 2.09. The second-order valence-corrected chi connectivity index (χ2v) is 5.90. The fraction of sp³-hybridized carbons (Fsp3) is 0.235. The molecule has 6 heteroatoms. The molecule has 0 radical (unpaired) electrons. The van der Waals surface area contributed by atoms with Gasteiger partial charge in [0.15, 0.2) is 11.7 Å². The van der Waals surface area contributed by atoms with Crippen LogP contribution in [0.15, 0.2) is 35.6 Å². The number of hydrogen-bond acceptors (Lipinski definition) is 5. The average molecular weight is 305 g/mol. The van der Waals surface area contributed by atoms with Crippen LogP contribution >= 0.6 is 0 Å². The van der Waals surface area contributed by atoms with Gasteiger partial charge in [-0.3, -0.25) is 0 Å². The predicted octanol–water partition coefficient (Wildman–Crippen LogP) is 2.57. The second kappa shape index (κ2) is 4.32. The van der Waals surface area contributed by atoms with Crippen LogP contribution in [0.3, 0.4) is 0 Å². The summed E-state index contributed by atoms with van der Waals surface area (Å²) in [6, 6.07) is 8.71. The van der Waals surface area contributed by atoms with Crippen molar-refractivity contribution in [3.8, 4) is 5.88 Å². The molecule has 0 atom stereocenters. The summed E-state index contributed by atoms with van der Waals surface area (Å²) in [4.78, 5) is 15.1. The first-order chi connectivity index (χ1) is 11.2. The Morgan fingerprint density at radius 3 is 3.00 bits per heavy atom. The lowest BCUT2D eigenvalue weighted by Gasteiger charge is -2.28. The summed E-state index contributed by atoms with van der Waals surface area (Å²) in [6.07, 6.45) is 1.50. The van der Waals surface area contributed by atoms with Gasteiger partial charge in [0.1, 0.15) is 18.5 Å². The van der Waals surface area contributed by atoms with Crippen LogP contribution in [0.25, 0.3) is 10.9 Å². The lowest BCUT2D eigenvalue weighted by molar-refractivity contribution is 0.319. The van der Waals surface area contributed by atoms with Gasteiger partial charge in [-0.15, -0.1) is 0 Å². The van der Waals surface area contributed by atoms with E-state index >= 15 is 0 Å². The topological polar surface area (TPSA) is 55.5 Å². The maximum absolute atomic E-state index is 5.74. The van der Waals surface area contributed by atoms with E-state index in [9.17, 15) is 0 Å². The SMILES string of the molecule is Cc1cc2cc(N3CCOc4ncnc5c4C3=N5)ccc2n1C. The molecule has 0 fully saturated rings. The van der Waals surface area contributed by atoms with E-state index in [1.54, 1.807) is 0 Å². The number of amidine groups is 1. The number of aromatic nitrogens is 3. The van der Waals surface area contributed by atoms with Crippen molar-refractivity contribution in [2.75, 3.05) is 18.1 Å². The fourth-order valence-electron chi connectivity index (χ4n) is 3.28. The van der Waals surface area contributed by atoms with Gasteiger partial charge in [0.05, 0.1) is 6.54 Å². The lowest BCUT2D eigenvalue weighted by atomic mass is 10.1. The largest absolute Gasteiger partial charge is 0.475 e. The molecule has 0 N–H and O–H groups in total. The van der Waals surface area contributed by atoms with Crippen molar-refractivity contribution >= 4 is 28.2 Å². The third kappa shape index (κ3) is 1.66. The molecule has 0 aliphatic carbocycles. The van der Waals surface area contributed by atoms with Crippen LogP contribution in [0, 0.1) is 6.92 Å². The molecule has 0 bridgehead atoms. The van der Waals surface area contributed by atoms with Crippen LogP contribution in [-0.4, -0.2) is 33.5 Å². The molecule has 0 unspecified atom stereocenters. The number of rotatable bonds is 1. The van der Waals surface area contributed by atoms with E-state index in [4.69, 9.17) is 4.74 Å². The van der Waals surface area contributed by atoms with Crippen molar-refractivity contribution < 1.29 is 4.74 Å². The van der Waals surface area contributed by atoms with Gasteiger partial charge < -0.3 is 14.2 Å². The Hall–Kier alpha value is -2.89. The molecule has 0 saturated carbocycles. The van der Waals surface area contributed by atoms with Gasteiger partial charge in [0.25, 0.3) is 0 Å². The van der Waals surface area contributed by atoms with Gasteiger partial charge in [-0.05, 0) is 31.2 Å². The third-order valence-corrected chi connectivity index (χ3v) is 4.61. The Labute approximate surface area is 133 Å². The van der Waals surface area contributed by atoms with E-state index in [-0.39, 0.29) is 0 Å². The van der Waals surface area contributed by atoms with Gasteiger partial charge in [-0.2, -0.15) is 0 Å². The number of hydrogen-bond donors (Lipinski definition) is 0. The van der Waals surface area contributed by atoms with E-state index in [1.807, 2.05) is 0 Å². The number of fused-ring (bicyclic) bond motifs is 1. The smallest absolute Gasteiger partial charge is 0.230 e. The van der Waals surface area contributed by atoms with Crippen molar-refractivity contribution in [2.45, 2.75) is 6.92 Å². The summed E-state index contributed by atoms with van der Waals surface area (Å²) in [5, 5.41) is 1.23. The highest BCUT2D eigenvalue weighted by Gasteiger charge is 2.33. The summed E-state index contributed by atoms with van der Waals surface area (Å²) >= 11 is 0. The van der Waals surface area contributed by atoms with Crippen molar-refractivity contribution in [1.29, 1.82) is 0 Å². The van der Waals surface area contributed by atoms with Crippen LogP contribution in [0.5, 0.6) is 5.88 Å². The Bertz CT molecular complexity index is 988. The maximum atomic E-state index is 5.74. The van der Waals surface area contributed by atoms with Crippen molar-refractivity contribution in [3.05, 3.63) is 41.9 Å².